The Hall–Kier alpha value is -3.37. The first-order valence-corrected chi connectivity index (χ1v) is 10.3. The molecule has 0 radical (unpaired) electrons. The van der Waals surface area contributed by atoms with Gasteiger partial charge in [0.25, 0.3) is 5.91 Å². The number of nitrogens with zero attached hydrogens (tertiary/aromatic N) is 1. The highest BCUT2D eigenvalue weighted by Crippen LogP contribution is 2.39. The van der Waals surface area contributed by atoms with Crippen molar-refractivity contribution in [3.8, 4) is 11.3 Å². The number of anilines is 1. The van der Waals surface area contributed by atoms with Crippen LogP contribution >= 0.6 is 24.0 Å². The minimum atomic E-state index is -4.54. The number of furan rings is 1. The van der Waals surface area contributed by atoms with E-state index >= 15 is 0 Å². The number of amides is 1. The standard InChI is InChI=1S/C22H12F3NO4S2/c23-22(24,25)16-4-2-1-3-15(16)17-10-9-14(30-17)11-18-19(27)26(21(31)32-18)13-7-5-12(6-8-13)20(28)29/h1-11H,(H,28,29)/b18-11-. The Morgan fingerprint density at radius 1 is 1.06 bits per heavy atom. The van der Waals surface area contributed by atoms with E-state index in [2.05, 4.69) is 0 Å². The molecule has 0 atom stereocenters. The van der Waals surface area contributed by atoms with Crippen LogP contribution in [-0.2, 0) is 11.0 Å². The Morgan fingerprint density at radius 3 is 2.41 bits per heavy atom. The van der Waals surface area contributed by atoms with Gasteiger partial charge < -0.3 is 9.52 Å². The van der Waals surface area contributed by atoms with Crippen molar-refractivity contribution in [3.05, 3.63) is 82.5 Å². The number of carbonyl (C=O) groups is 2. The van der Waals surface area contributed by atoms with Crippen LogP contribution in [0, 0.1) is 0 Å². The van der Waals surface area contributed by atoms with Crippen LogP contribution < -0.4 is 4.90 Å². The van der Waals surface area contributed by atoms with Crippen LogP contribution in [0.4, 0.5) is 18.9 Å². The molecule has 5 nitrogen and oxygen atoms in total. The molecule has 2 heterocycles. The van der Waals surface area contributed by atoms with Crippen LogP contribution in [-0.4, -0.2) is 21.3 Å². The molecule has 1 amide bonds. The number of aromatic carboxylic acids is 1. The van der Waals surface area contributed by atoms with Crippen LogP contribution in [0.15, 0.2) is 70.0 Å². The summed E-state index contributed by atoms with van der Waals surface area (Å²) >= 11 is 6.28. The predicted molar refractivity (Wildman–Crippen MR) is 118 cm³/mol. The molecule has 1 aliphatic rings. The lowest BCUT2D eigenvalue weighted by atomic mass is 10.1. The van der Waals surface area contributed by atoms with Crippen molar-refractivity contribution in [1.29, 1.82) is 0 Å². The number of carbonyl (C=O) groups excluding carboxylic acids is 1. The maximum atomic E-state index is 13.3. The topological polar surface area (TPSA) is 70.8 Å². The lowest BCUT2D eigenvalue weighted by Gasteiger charge is -2.14. The minimum absolute atomic E-state index is 0.0175. The molecule has 0 spiro atoms. The third-order valence-electron chi connectivity index (χ3n) is 4.56. The van der Waals surface area contributed by atoms with Gasteiger partial charge in [-0.25, -0.2) is 4.79 Å². The number of carboxylic acid groups (broad SMARTS) is 1. The van der Waals surface area contributed by atoms with Gasteiger partial charge in [-0.05, 0) is 42.5 Å². The van der Waals surface area contributed by atoms with Gasteiger partial charge in [-0.3, -0.25) is 9.69 Å². The molecule has 162 valence electrons. The maximum Gasteiger partial charge on any atom is 0.417 e. The van der Waals surface area contributed by atoms with Crippen LogP contribution in [0.3, 0.4) is 0 Å². The first kappa shape index (κ1) is 21.8. The number of alkyl halides is 3. The van der Waals surface area contributed by atoms with E-state index in [4.69, 9.17) is 21.7 Å². The van der Waals surface area contributed by atoms with E-state index in [1.807, 2.05) is 0 Å². The van der Waals surface area contributed by atoms with Gasteiger partial charge in [-0.1, -0.05) is 42.2 Å². The van der Waals surface area contributed by atoms with E-state index in [9.17, 15) is 22.8 Å². The molecule has 2 aromatic carbocycles. The molecular formula is C22H12F3NO4S2. The fraction of sp³-hybridized carbons (Fsp3) is 0.0455. The minimum Gasteiger partial charge on any atom is -0.478 e. The van der Waals surface area contributed by atoms with Crippen LogP contribution in [0.5, 0.6) is 0 Å². The Kier molecular flexibility index (Phi) is 5.66. The fourth-order valence-electron chi connectivity index (χ4n) is 3.09. The lowest BCUT2D eigenvalue weighted by molar-refractivity contribution is -0.137. The van der Waals surface area contributed by atoms with Gasteiger partial charge in [0.05, 0.1) is 21.7 Å². The van der Waals surface area contributed by atoms with Crippen molar-refractivity contribution in [2.75, 3.05) is 4.90 Å². The molecule has 1 aromatic heterocycles. The largest absolute Gasteiger partial charge is 0.478 e. The average molecular weight is 475 g/mol. The summed E-state index contributed by atoms with van der Waals surface area (Å²) in [7, 11) is 0. The van der Waals surface area contributed by atoms with Gasteiger partial charge in [0.2, 0.25) is 0 Å². The highest BCUT2D eigenvalue weighted by atomic mass is 32.2. The molecule has 1 saturated heterocycles. The summed E-state index contributed by atoms with van der Waals surface area (Å²) in [4.78, 5) is 25.3. The van der Waals surface area contributed by atoms with E-state index in [0.29, 0.717) is 5.69 Å². The molecule has 10 heteroatoms. The monoisotopic (exact) mass is 475 g/mol. The first-order valence-electron chi connectivity index (χ1n) is 9.03. The van der Waals surface area contributed by atoms with Gasteiger partial charge in [-0.2, -0.15) is 13.2 Å². The quantitative estimate of drug-likeness (QED) is 0.365. The van der Waals surface area contributed by atoms with Crippen molar-refractivity contribution in [3.63, 3.8) is 0 Å². The zero-order valence-corrected chi connectivity index (χ0v) is 17.6. The molecule has 0 bridgehead atoms. The summed E-state index contributed by atoms with van der Waals surface area (Å²) in [6, 6.07) is 13.6. The average Bonchev–Trinajstić information content (AvgIpc) is 3.32. The third-order valence-corrected chi connectivity index (χ3v) is 5.87. The predicted octanol–water partition coefficient (Wildman–Crippen LogP) is 6.07. The Balaban J connectivity index is 1.61. The fourth-order valence-corrected chi connectivity index (χ4v) is 4.37. The zero-order chi connectivity index (χ0) is 23.0. The molecule has 0 aliphatic carbocycles. The summed E-state index contributed by atoms with van der Waals surface area (Å²) in [5.41, 5.74) is -0.458. The number of rotatable bonds is 4. The summed E-state index contributed by atoms with van der Waals surface area (Å²) in [5.74, 6) is -1.33. The number of benzene rings is 2. The van der Waals surface area contributed by atoms with Crippen molar-refractivity contribution >= 4 is 51.9 Å². The lowest BCUT2D eigenvalue weighted by Crippen LogP contribution is -2.27. The summed E-state index contributed by atoms with van der Waals surface area (Å²) in [5, 5.41) is 9.00. The number of halogens is 3. The van der Waals surface area contributed by atoms with E-state index in [-0.39, 0.29) is 31.9 Å². The Morgan fingerprint density at radius 2 is 1.75 bits per heavy atom. The number of thioether (sulfide) groups is 1. The molecule has 1 fully saturated rings. The summed E-state index contributed by atoms with van der Waals surface area (Å²) in [6.45, 7) is 0. The highest BCUT2D eigenvalue weighted by Gasteiger charge is 2.35. The number of hydrogen-bond acceptors (Lipinski definition) is 5. The summed E-state index contributed by atoms with van der Waals surface area (Å²) in [6.07, 6.45) is -3.13. The SMILES string of the molecule is O=C(O)c1ccc(N2C(=O)/C(=C/c3ccc(-c4ccccc4C(F)(F)F)o3)SC2=S)cc1. The number of hydrogen-bond donors (Lipinski definition) is 1. The van der Waals surface area contributed by atoms with Crippen molar-refractivity contribution in [2.24, 2.45) is 0 Å². The number of carboxylic acids is 1. The zero-order valence-electron chi connectivity index (χ0n) is 15.9. The van der Waals surface area contributed by atoms with E-state index < -0.39 is 23.6 Å². The second kappa shape index (κ2) is 8.29. The Labute approximate surface area is 189 Å². The highest BCUT2D eigenvalue weighted by molar-refractivity contribution is 8.27. The van der Waals surface area contributed by atoms with E-state index in [1.165, 1.54) is 65.6 Å². The van der Waals surface area contributed by atoms with Crippen molar-refractivity contribution < 1.29 is 32.3 Å². The summed E-state index contributed by atoms with van der Waals surface area (Å²) < 4.78 is 45.6. The molecule has 4 rings (SSSR count). The maximum absolute atomic E-state index is 13.3. The van der Waals surface area contributed by atoms with Gasteiger partial charge >= 0.3 is 12.1 Å². The van der Waals surface area contributed by atoms with Gasteiger partial charge in [0, 0.05) is 11.6 Å². The normalized spacial score (nSPS) is 15.6. The van der Waals surface area contributed by atoms with Crippen molar-refractivity contribution in [1.82, 2.24) is 0 Å². The number of thiocarbonyl (C=S) groups is 1. The van der Waals surface area contributed by atoms with E-state index in [0.717, 1.165) is 17.8 Å². The molecule has 32 heavy (non-hydrogen) atoms. The molecule has 0 unspecified atom stereocenters. The van der Waals surface area contributed by atoms with Gasteiger partial charge in [0.1, 0.15) is 11.5 Å². The second-order valence-corrected chi connectivity index (χ2v) is 8.29. The van der Waals surface area contributed by atoms with Gasteiger partial charge in [0.15, 0.2) is 4.32 Å². The first-order chi connectivity index (χ1) is 15.1. The van der Waals surface area contributed by atoms with Crippen molar-refractivity contribution in [2.45, 2.75) is 6.18 Å². The van der Waals surface area contributed by atoms with Crippen LogP contribution in [0.25, 0.3) is 17.4 Å². The van der Waals surface area contributed by atoms with Crippen LogP contribution in [0.1, 0.15) is 21.7 Å². The van der Waals surface area contributed by atoms with E-state index in [1.54, 1.807) is 0 Å². The molecule has 3 aromatic rings. The van der Waals surface area contributed by atoms with Gasteiger partial charge in [-0.15, -0.1) is 0 Å². The molecule has 1 N–H and O–H groups in total. The molecular weight excluding hydrogens is 463 g/mol. The third kappa shape index (κ3) is 4.19. The smallest absolute Gasteiger partial charge is 0.417 e. The Bertz CT molecular complexity index is 1260. The molecule has 0 saturated carbocycles. The molecule has 1 aliphatic heterocycles. The second-order valence-electron chi connectivity index (χ2n) is 6.61. The van der Waals surface area contributed by atoms with Crippen LogP contribution in [0.2, 0.25) is 0 Å².